The molecule has 0 heterocycles. The number of rotatable bonds is 1. The molecule has 0 spiro atoms. The van der Waals surface area contributed by atoms with Gasteiger partial charge in [0.05, 0.1) is 0 Å². The molecule has 0 aromatic heterocycles. The molecule has 74 valence electrons. The lowest BCUT2D eigenvalue weighted by Crippen LogP contribution is -2.15. The average molecular weight is 170 g/mol. The van der Waals surface area contributed by atoms with E-state index in [0.717, 1.165) is 11.8 Å². The van der Waals surface area contributed by atoms with Crippen LogP contribution in [0.3, 0.4) is 0 Å². The van der Waals surface area contributed by atoms with Gasteiger partial charge in [0.2, 0.25) is 0 Å². The van der Waals surface area contributed by atoms with Crippen molar-refractivity contribution in [3.63, 3.8) is 0 Å². The fourth-order valence-electron chi connectivity index (χ4n) is 2.00. The van der Waals surface area contributed by atoms with E-state index in [0.29, 0.717) is 0 Å². The van der Waals surface area contributed by atoms with Crippen LogP contribution in [0.1, 0.15) is 66.2 Å². The van der Waals surface area contributed by atoms with Gasteiger partial charge in [0.25, 0.3) is 0 Å². The van der Waals surface area contributed by atoms with E-state index in [1.807, 2.05) is 0 Å². The van der Waals surface area contributed by atoms with Crippen molar-refractivity contribution in [1.29, 1.82) is 0 Å². The molecule has 0 heteroatoms. The molecule has 2 atom stereocenters. The molecule has 1 aliphatic rings. The first kappa shape index (κ1) is 12.0. The van der Waals surface area contributed by atoms with Gasteiger partial charge >= 0.3 is 0 Å². The van der Waals surface area contributed by atoms with Crippen LogP contribution in [0.2, 0.25) is 0 Å². The molecule has 0 nitrogen and oxygen atoms in total. The van der Waals surface area contributed by atoms with Crippen LogP contribution in [0, 0.1) is 11.8 Å². The Labute approximate surface area is 78.8 Å². The van der Waals surface area contributed by atoms with Crippen molar-refractivity contribution in [3.05, 3.63) is 0 Å². The van der Waals surface area contributed by atoms with Crippen molar-refractivity contribution in [2.75, 3.05) is 0 Å². The van der Waals surface area contributed by atoms with E-state index in [4.69, 9.17) is 0 Å². The Balaban J connectivity index is 0.000000354. The van der Waals surface area contributed by atoms with Gasteiger partial charge in [-0.15, -0.1) is 0 Å². The van der Waals surface area contributed by atoms with Crippen molar-refractivity contribution in [1.82, 2.24) is 0 Å². The maximum absolute atomic E-state index is 2.41. The van der Waals surface area contributed by atoms with Gasteiger partial charge in [-0.1, -0.05) is 66.2 Å². The van der Waals surface area contributed by atoms with Crippen molar-refractivity contribution >= 4 is 0 Å². The lowest BCUT2D eigenvalue weighted by molar-refractivity contribution is 0.249. The summed E-state index contributed by atoms with van der Waals surface area (Å²) >= 11 is 0. The summed E-state index contributed by atoms with van der Waals surface area (Å²) in [5, 5.41) is 0. The third-order valence-electron chi connectivity index (χ3n) is 2.81. The summed E-state index contributed by atoms with van der Waals surface area (Å²) in [6, 6.07) is 0. The summed E-state index contributed by atoms with van der Waals surface area (Å²) in [7, 11) is 0. The molecule has 0 aromatic carbocycles. The van der Waals surface area contributed by atoms with Crippen LogP contribution in [0.25, 0.3) is 0 Å². The molecule has 1 fully saturated rings. The van der Waals surface area contributed by atoms with Crippen molar-refractivity contribution in [2.45, 2.75) is 66.2 Å². The molecule has 0 N–H and O–H groups in total. The first-order chi connectivity index (χ1) is 5.76. The van der Waals surface area contributed by atoms with E-state index in [-0.39, 0.29) is 0 Å². The lowest BCUT2D eigenvalue weighted by atomic mass is 9.79. The summed E-state index contributed by atoms with van der Waals surface area (Å²) in [4.78, 5) is 0. The fourth-order valence-corrected chi connectivity index (χ4v) is 2.00. The third kappa shape index (κ3) is 4.79. The summed E-state index contributed by atoms with van der Waals surface area (Å²) < 4.78 is 0. The quantitative estimate of drug-likeness (QED) is 0.538. The molecular formula is C12H26. The normalized spacial score (nSPS) is 29.0. The third-order valence-corrected chi connectivity index (χ3v) is 2.81. The summed E-state index contributed by atoms with van der Waals surface area (Å²) in [6.07, 6.45) is 8.61. The minimum absolute atomic E-state index is 1.02. The monoisotopic (exact) mass is 170 g/mol. The zero-order valence-corrected chi connectivity index (χ0v) is 9.40. The Bertz CT molecular complexity index is 86.0. The molecule has 1 rings (SSSR count). The largest absolute Gasteiger partial charge is 0.0656 e. The minimum atomic E-state index is 1.02. The van der Waals surface area contributed by atoms with Gasteiger partial charge in [-0.25, -0.2) is 0 Å². The van der Waals surface area contributed by atoms with Gasteiger partial charge < -0.3 is 0 Å². The number of hydrogen-bond donors (Lipinski definition) is 0. The number of hydrogen-bond acceptors (Lipinski definition) is 0. The molecule has 12 heavy (non-hydrogen) atoms. The molecule has 0 aliphatic heterocycles. The summed E-state index contributed by atoms with van der Waals surface area (Å²) in [5.41, 5.74) is 0. The molecule has 1 saturated carbocycles. The second-order valence-corrected chi connectivity index (χ2v) is 4.14. The van der Waals surface area contributed by atoms with E-state index in [1.54, 1.807) is 0 Å². The predicted octanol–water partition coefficient (Wildman–Crippen LogP) is 4.64. The van der Waals surface area contributed by atoms with Crippen LogP contribution in [0.4, 0.5) is 0 Å². The highest BCUT2D eigenvalue weighted by Crippen LogP contribution is 2.31. The molecule has 0 saturated heterocycles. The predicted molar refractivity (Wildman–Crippen MR) is 57.4 cm³/mol. The Morgan fingerprint density at radius 2 is 1.50 bits per heavy atom. The molecule has 0 unspecified atom stereocenters. The van der Waals surface area contributed by atoms with Crippen LogP contribution in [0.5, 0.6) is 0 Å². The highest BCUT2D eigenvalue weighted by molar-refractivity contribution is 4.70. The topological polar surface area (TPSA) is 0 Å². The SMILES string of the molecule is CCC.CC[C@H]1CCCC[C@H]1C. The Morgan fingerprint density at radius 3 is 1.83 bits per heavy atom. The molecule has 0 radical (unpaired) electrons. The Kier molecular flexibility index (Phi) is 7.64. The summed E-state index contributed by atoms with van der Waals surface area (Å²) in [6.45, 7) is 8.99. The second kappa shape index (κ2) is 7.64. The van der Waals surface area contributed by atoms with Crippen molar-refractivity contribution in [3.8, 4) is 0 Å². The molecule has 0 aromatic rings. The minimum Gasteiger partial charge on any atom is -0.0656 e. The van der Waals surface area contributed by atoms with Crippen molar-refractivity contribution < 1.29 is 0 Å². The van der Waals surface area contributed by atoms with Crippen LogP contribution >= 0.6 is 0 Å². The van der Waals surface area contributed by atoms with Gasteiger partial charge in [0.15, 0.2) is 0 Å². The zero-order chi connectivity index (χ0) is 9.40. The Hall–Kier alpha value is 0. The van der Waals surface area contributed by atoms with Gasteiger partial charge in [0.1, 0.15) is 0 Å². The zero-order valence-electron chi connectivity index (χ0n) is 9.40. The first-order valence-electron chi connectivity index (χ1n) is 5.76. The highest BCUT2D eigenvalue weighted by Gasteiger charge is 2.18. The molecule has 0 bridgehead atoms. The smallest absolute Gasteiger partial charge is 0.0391 e. The van der Waals surface area contributed by atoms with Crippen LogP contribution in [-0.2, 0) is 0 Å². The van der Waals surface area contributed by atoms with Gasteiger partial charge in [0, 0.05) is 0 Å². The fraction of sp³-hybridized carbons (Fsp3) is 1.00. The van der Waals surface area contributed by atoms with E-state index in [2.05, 4.69) is 27.7 Å². The standard InChI is InChI=1S/C9H18.C3H8/c1-3-9-7-5-4-6-8(9)2;1-3-2/h8-9H,3-7H2,1-2H3;3H2,1-2H3/t8-,9+;/m1./s1. The van der Waals surface area contributed by atoms with Crippen LogP contribution in [-0.4, -0.2) is 0 Å². The van der Waals surface area contributed by atoms with Crippen LogP contribution in [0.15, 0.2) is 0 Å². The van der Waals surface area contributed by atoms with Crippen LogP contribution < -0.4 is 0 Å². The van der Waals surface area contributed by atoms with E-state index >= 15 is 0 Å². The molecular weight excluding hydrogens is 144 g/mol. The van der Waals surface area contributed by atoms with Gasteiger partial charge in [-0.3, -0.25) is 0 Å². The van der Waals surface area contributed by atoms with Gasteiger partial charge in [-0.05, 0) is 11.8 Å². The maximum Gasteiger partial charge on any atom is -0.0391 e. The lowest BCUT2D eigenvalue weighted by Gasteiger charge is -2.27. The maximum atomic E-state index is 2.41. The van der Waals surface area contributed by atoms with E-state index < -0.39 is 0 Å². The van der Waals surface area contributed by atoms with Gasteiger partial charge in [-0.2, -0.15) is 0 Å². The van der Waals surface area contributed by atoms with Crippen molar-refractivity contribution in [2.24, 2.45) is 11.8 Å². The summed E-state index contributed by atoms with van der Waals surface area (Å²) in [5.74, 6) is 2.07. The highest BCUT2D eigenvalue weighted by atomic mass is 14.2. The second-order valence-electron chi connectivity index (χ2n) is 4.14. The Morgan fingerprint density at radius 1 is 1.00 bits per heavy atom. The van der Waals surface area contributed by atoms with E-state index in [1.165, 1.54) is 38.5 Å². The van der Waals surface area contributed by atoms with E-state index in [9.17, 15) is 0 Å². The molecule has 1 aliphatic carbocycles. The molecule has 0 amide bonds. The first-order valence-corrected chi connectivity index (χ1v) is 5.76. The average Bonchev–Trinajstić information content (AvgIpc) is 2.07.